The largest absolute Gasteiger partial charge is 0.332 e. The van der Waals surface area contributed by atoms with E-state index in [-0.39, 0.29) is 0 Å². The Morgan fingerprint density at radius 3 is 1.00 bits per heavy atom. The van der Waals surface area contributed by atoms with Crippen LogP contribution in [0.2, 0.25) is 0 Å². The van der Waals surface area contributed by atoms with Gasteiger partial charge < -0.3 is 10.6 Å². The molecule has 1 saturated heterocycles. The molecule has 0 aromatic heterocycles. The molecule has 0 spiro atoms. The van der Waals surface area contributed by atoms with Crippen molar-refractivity contribution in [3.05, 3.63) is 0 Å². The molecule has 60 valence electrons. The van der Waals surface area contributed by atoms with Gasteiger partial charge >= 0.3 is 0 Å². The zero-order valence-corrected chi connectivity index (χ0v) is 7.46. The average Bonchev–Trinajstić information content (AvgIpc) is 1.84. The van der Waals surface area contributed by atoms with Crippen LogP contribution in [0.3, 0.4) is 0 Å². The second kappa shape index (κ2) is 2.89. The van der Waals surface area contributed by atoms with Crippen molar-refractivity contribution < 1.29 is 10.6 Å². The first-order valence-electron chi connectivity index (χ1n) is 4.31. The first-order valence-corrected chi connectivity index (χ1v) is 4.31. The Bertz CT molecular complexity index is 87.8. The van der Waals surface area contributed by atoms with E-state index in [1.165, 1.54) is 0 Å². The summed E-state index contributed by atoms with van der Waals surface area (Å²) in [4.78, 5) is 0. The van der Waals surface area contributed by atoms with E-state index in [4.69, 9.17) is 0 Å². The number of rotatable bonds is 0. The first-order chi connectivity index (χ1) is 4.61. The van der Waals surface area contributed by atoms with Crippen LogP contribution < -0.4 is 10.6 Å². The average molecular weight is 144 g/mol. The predicted octanol–water partition coefficient (Wildman–Crippen LogP) is -1.32. The standard InChI is InChI=1S/C8H18N2/c1-5-6(2)10-8(4)7(3)9-5/h5-10H,1-4H3/p+2/t5-,6-,7+,8+. The summed E-state index contributed by atoms with van der Waals surface area (Å²) >= 11 is 0. The minimum Gasteiger partial charge on any atom is -0.332 e. The normalized spacial score (nSPS) is 49.2. The third-order valence-corrected chi connectivity index (χ3v) is 2.87. The van der Waals surface area contributed by atoms with Crippen LogP contribution in [0.5, 0.6) is 0 Å². The minimum absolute atomic E-state index is 0.784. The second-order valence-electron chi connectivity index (χ2n) is 3.82. The topological polar surface area (TPSA) is 33.2 Å². The molecule has 4 N–H and O–H groups in total. The highest BCUT2D eigenvalue weighted by atomic mass is 15.1. The summed E-state index contributed by atoms with van der Waals surface area (Å²) in [6.45, 7) is 9.24. The summed E-state index contributed by atoms with van der Waals surface area (Å²) in [5.41, 5.74) is 0. The van der Waals surface area contributed by atoms with Gasteiger partial charge in [-0.05, 0) is 27.7 Å². The third kappa shape index (κ3) is 1.50. The van der Waals surface area contributed by atoms with Crippen LogP contribution in [0.25, 0.3) is 0 Å². The van der Waals surface area contributed by atoms with Crippen LogP contribution in [0.4, 0.5) is 0 Å². The van der Waals surface area contributed by atoms with Crippen LogP contribution in [-0.2, 0) is 0 Å². The second-order valence-corrected chi connectivity index (χ2v) is 3.82. The SMILES string of the molecule is C[C@@H]1[NH2+][C@H](C)[C@@H](C)[NH2+][C@H]1C. The van der Waals surface area contributed by atoms with Crippen molar-refractivity contribution in [2.24, 2.45) is 0 Å². The molecule has 1 aliphatic heterocycles. The highest BCUT2D eigenvalue weighted by Gasteiger charge is 2.33. The monoisotopic (exact) mass is 144 g/mol. The van der Waals surface area contributed by atoms with Crippen molar-refractivity contribution >= 4 is 0 Å². The molecule has 0 radical (unpaired) electrons. The maximum Gasteiger partial charge on any atom is 0.135 e. The van der Waals surface area contributed by atoms with Gasteiger partial charge in [0.05, 0.1) is 0 Å². The molecule has 0 aromatic rings. The lowest BCUT2D eigenvalue weighted by Crippen LogP contribution is -3.16. The Kier molecular flexibility index (Phi) is 2.32. The zero-order valence-electron chi connectivity index (χ0n) is 7.46. The summed E-state index contributed by atoms with van der Waals surface area (Å²) in [7, 11) is 0. The molecule has 4 atom stereocenters. The number of hydrogen-bond acceptors (Lipinski definition) is 0. The molecule has 1 rings (SSSR count). The van der Waals surface area contributed by atoms with Gasteiger partial charge in [0.25, 0.3) is 0 Å². The van der Waals surface area contributed by atoms with E-state index in [0.29, 0.717) is 0 Å². The van der Waals surface area contributed by atoms with Gasteiger partial charge in [-0.15, -0.1) is 0 Å². The van der Waals surface area contributed by atoms with Crippen molar-refractivity contribution in [1.29, 1.82) is 0 Å². The third-order valence-electron chi connectivity index (χ3n) is 2.87. The molecular weight excluding hydrogens is 124 g/mol. The summed E-state index contributed by atoms with van der Waals surface area (Å²) in [6, 6.07) is 3.13. The van der Waals surface area contributed by atoms with Crippen molar-refractivity contribution in [1.82, 2.24) is 0 Å². The van der Waals surface area contributed by atoms with Crippen molar-refractivity contribution in [2.45, 2.75) is 51.9 Å². The zero-order chi connectivity index (χ0) is 7.72. The van der Waals surface area contributed by atoms with E-state index in [0.717, 1.165) is 24.2 Å². The minimum atomic E-state index is 0.784. The fourth-order valence-corrected chi connectivity index (χ4v) is 1.66. The van der Waals surface area contributed by atoms with Gasteiger partial charge in [-0.2, -0.15) is 0 Å². The molecule has 2 heteroatoms. The molecule has 0 aromatic carbocycles. The molecule has 1 fully saturated rings. The molecule has 1 aliphatic rings. The van der Waals surface area contributed by atoms with E-state index in [1.54, 1.807) is 0 Å². The van der Waals surface area contributed by atoms with Gasteiger partial charge in [-0.1, -0.05) is 0 Å². The summed E-state index contributed by atoms with van der Waals surface area (Å²) < 4.78 is 0. The highest BCUT2D eigenvalue weighted by molar-refractivity contribution is 4.64. The van der Waals surface area contributed by atoms with Crippen LogP contribution in [0.1, 0.15) is 27.7 Å². The lowest BCUT2D eigenvalue weighted by atomic mass is 10.0. The van der Waals surface area contributed by atoms with Gasteiger partial charge in [-0.3, -0.25) is 0 Å². The first kappa shape index (κ1) is 8.02. The van der Waals surface area contributed by atoms with Crippen molar-refractivity contribution in [3.8, 4) is 0 Å². The highest BCUT2D eigenvalue weighted by Crippen LogP contribution is 1.89. The smallest absolute Gasteiger partial charge is 0.135 e. The molecule has 2 nitrogen and oxygen atoms in total. The number of hydrogen-bond donors (Lipinski definition) is 2. The van der Waals surface area contributed by atoms with Crippen LogP contribution in [0, 0.1) is 0 Å². The van der Waals surface area contributed by atoms with E-state index < -0.39 is 0 Å². The van der Waals surface area contributed by atoms with Gasteiger partial charge in [-0.25, -0.2) is 0 Å². The molecule has 0 amide bonds. The van der Waals surface area contributed by atoms with Gasteiger partial charge in [0.1, 0.15) is 24.2 Å². The van der Waals surface area contributed by atoms with E-state index in [1.807, 2.05) is 0 Å². The summed E-state index contributed by atoms with van der Waals surface area (Å²) in [5, 5.41) is 4.96. The van der Waals surface area contributed by atoms with E-state index in [9.17, 15) is 0 Å². The quantitative estimate of drug-likeness (QED) is 0.423. The maximum absolute atomic E-state index is 2.48. The maximum atomic E-state index is 2.48. The molecule has 0 aliphatic carbocycles. The molecule has 1 heterocycles. The Labute approximate surface area is 63.4 Å². The lowest BCUT2D eigenvalue weighted by molar-refractivity contribution is -0.868. The van der Waals surface area contributed by atoms with Crippen LogP contribution in [0.15, 0.2) is 0 Å². The van der Waals surface area contributed by atoms with E-state index >= 15 is 0 Å². The fraction of sp³-hybridized carbons (Fsp3) is 1.00. The van der Waals surface area contributed by atoms with E-state index in [2.05, 4.69) is 38.3 Å². The van der Waals surface area contributed by atoms with Crippen LogP contribution in [-0.4, -0.2) is 24.2 Å². The molecule has 0 bridgehead atoms. The Hall–Kier alpha value is -0.0800. The Balaban J connectivity index is 2.46. The summed E-state index contributed by atoms with van der Waals surface area (Å²) in [5.74, 6) is 0. The fourth-order valence-electron chi connectivity index (χ4n) is 1.66. The van der Waals surface area contributed by atoms with Gasteiger partial charge in [0.15, 0.2) is 0 Å². The van der Waals surface area contributed by atoms with Gasteiger partial charge in [0.2, 0.25) is 0 Å². The number of piperazine rings is 1. The molecule has 0 unspecified atom stereocenters. The number of nitrogens with two attached hydrogens (primary N) is 2. The van der Waals surface area contributed by atoms with Crippen LogP contribution >= 0.6 is 0 Å². The lowest BCUT2D eigenvalue weighted by Gasteiger charge is -2.31. The van der Waals surface area contributed by atoms with Crippen molar-refractivity contribution in [2.75, 3.05) is 0 Å². The number of quaternary nitrogens is 2. The summed E-state index contributed by atoms with van der Waals surface area (Å²) in [6.07, 6.45) is 0. The van der Waals surface area contributed by atoms with Crippen molar-refractivity contribution in [3.63, 3.8) is 0 Å². The Morgan fingerprint density at radius 2 is 0.800 bits per heavy atom. The molecule has 10 heavy (non-hydrogen) atoms. The molecular formula is C8H20N2+2. The predicted molar refractivity (Wildman–Crippen MR) is 41.7 cm³/mol. The molecule has 0 saturated carbocycles. The van der Waals surface area contributed by atoms with Gasteiger partial charge in [0, 0.05) is 0 Å². The Morgan fingerprint density at radius 1 is 0.600 bits per heavy atom.